The Morgan fingerprint density at radius 3 is 2.60 bits per heavy atom. The van der Waals surface area contributed by atoms with Gasteiger partial charge in [-0.3, -0.25) is 4.79 Å². The summed E-state index contributed by atoms with van der Waals surface area (Å²) in [4.78, 5) is 11.8. The van der Waals surface area contributed by atoms with Crippen LogP contribution < -0.4 is 10.2 Å². The smallest absolute Gasteiger partial charge is 0.277 e. The highest BCUT2D eigenvalue weighted by atomic mass is 16.5. The van der Waals surface area contributed by atoms with Gasteiger partial charge in [0.1, 0.15) is 5.75 Å². The van der Waals surface area contributed by atoms with Crippen molar-refractivity contribution in [2.24, 2.45) is 5.10 Å². The van der Waals surface area contributed by atoms with E-state index in [0.717, 1.165) is 22.8 Å². The normalized spacial score (nSPS) is 10.9. The molecular formula is C21H20N2O2. The molecule has 126 valence electrons. The van der Waals surface area contributed by atoms with E-state index in [4.69, 9.17) is 4.74 Å². The van der Waals surface area contributed by atoms with E-state index < -0.39 is 0 Å². The average Bonchev–Trinajstić information content (AvgIpc) is 2.67. The SMILES string of the molecule is CCc1ccc(OCC(=O)NN=Cc2cccc3ccccc23)cc1. The molecular weight excluding hydrogens is 312 g/mol. The number of rotatable bonds is 6. The lowest BCUT2D eigenvalue weighted by molar-refractivity contribution is -0.123. The molecule has 0 aliphatic rings. The van der Waals surface area contributed by atoms with Crippen LogP contribution in [0.5, 0.6) is 5.75 Å². The second-order valence-corrected chi connectivity index (χ2v) is 5.65. The molecule has 1 amide bonds. The summed E-state index contributed by atoms with van der Waals surface area (Å²) < 4.78 is 5.45. The minimum absolute atomic E-state index is 0.0711. The fourth-order valence-electron chi connectivity index (χ4n) is 2.54. The fraction of sp³-hybridized carbons (Fsp3) is 0.143. The van der Waals surface area contributed by atoms with Gasteiger partial charge in [-0.05, 0) is 34.9 Å². The Hall–Kier alpha value is -3.14. The van der Waals surface area contributed by atoms with Gasteiger partial charge in [0.15, 0.2) is 6.61 Å². The summed E-state index contributed by atoms with van der Waals surface area (Å²) in [5, 5.41) is 6.26. The largest absolute Gasteiger partial charge is 0.484 e. The third-order valence-electron chi connectivity index (χ3n) is 3.92. The van der Waals surface area contributed by atoms with Gasteiger partial charge in [-0.1, -0.05) is 61.5 Å². The molecule has 0 aromatic heterocycles. The van der Waals surface area contributed by atoms with Crippen molar-refractivity contribution in [2.75, 3.05) is 6.61 Å². The van der Waals surface area contributed by atoms with Gasteiger partial charge in [0, 0.05) is 5.56 Å². The Labute approximate surface area is 147 Å². The first kappa shape index (κ1) is 16.7. The quantitative estimate of drug-likeness (QED) is 0.549. The maximum Gasteiger partial charge on any atom is 0.277 e. The predicted octanol–water partition coefficient (Wildman–Crippen LogP) is 3.93. The van der Waals surface area contributed by atoms with Gasteiger partial charge in [-0.15, -0.1) is 0 Å². The second kappa shape index (κ2) is 8.11. The molecule has 25 heavy (non-hydrogen) atoms. The zero-order valence-corrected chi connectivity index (χ0v) is 14.1. The maximum absolute atomic E-state index is 11.8. The van der Waals surface area contributed by atoms with Crippen LogP contribution in [0.25, 0.3) is 10.8 Å². The van der Waals surface area contributed by atoms with Crippen molar-refractivity contribution in [3.63, 3.8) is 0 Å². The third-order valence-corrected chi connectivity index (χ3v) is 3.92. The van der Waals surface area contributed by atoms with Crippen LogP contribution in [-0.2, 0) is 11.2 Å². The number of hydrogen-bond acceptors (Lipinski definition) is 3. The molecule has 0 saturated carbocycles. The molecule has 3 aromatic carbocycles. The topological polar surface area (TPSA) is 50.7 Å². The molecule has 0 saturated heterocycles. The van der Waals surface area contributed by atoms with E-state index >= 15 is 0 Å². The summed E-state index contributed by atoms with van der Waals surface area (Å²) in [6.07, 6.45) is 2.62. The Morgan fingerprint density at radius 2 is 1.80 bits per heavy atom. The highest BCUT2D eigenvalue weighted by Crippen LogP contribution is 2.16. The highest BCUT2D eigenvalue weighted by Gasteiger charge is 2.02. The van der Waals surface area contributed by atoms with Gasteiger partial charge in [0.2, 0.25) is 0 Å². The van der Waals surface area contributed by atoms with Gasteiger partial charge in [0.25, 0.3) is 5.91 Å². The lowest BCUT2D eigenvalue weighted by Gasteiger charge is -2.06. The molecule has 0 radical (unpaired) electrons. The van der Waals surface area contributed by atoms with Crippen LogP contribution >= 0.6 is 0 Å². The summed E-state index contributed by atoms with van der Waals surface area (Å²) in [6.45, 7) is 2.02. The van der Waals surface area contributed by atoms with E-state index in [-0.39, 0.29) is 12.5 Å². The Kier molecular flexibility index (Phi) is 5.42. The average molecular weight is 332 g/mol. The first-order valence-electron chi connectivity index (χ1n) is 8.27. The van der Waals surface area contributed by atoms with Crippen LogP contribution in [0.4, 0.5) is 0 Å². The van der Waals surface area contributed by atoms with E-state index in [0.29, 0.717) is 5.75 Å². The van der Waals surface area contributed by atoms with Crippen molar-refractivity contribution in [3.8, 4) is 5.75 Å². The molecule has 0 aliphatic heterocycles. The van der Waals surface area contributed by atoms with Crippen molar-refractivity contribution in [2.45, 2.75) is 13.3 Å². The van der Waals surface area contributed by atoms with Gasteiger partial charge >= 0.3 is 0 Å². The van der Waals surface area contributed by atoms with Crippen molar-refractivity contribution in [1.29, 1.82) is 0 Å². The molecule has 4 heteroatoms. The van der Waals surface area contributed by atoms with E-state index in [1.54, 1.807) is 6.21 Å². The van der Waals surface area contributed by atoms with Crippen LogP contribution in [0.3, 0.4) is 0 Å². The number of hydrogen-bond donors (Lipinski definition) is 1. The van der Waals surface area contributed by atoms with Crippen LogP contribution in [-0.4, -0.2) is 18.7 Å². The highest BCUT2D eigenvalue weighted by molar-refractivity contribution is 5.99. The number of aryl methyl sites for hydroxylation is 1. The summed E-state index contributed by atoms with van der Waals surface area (Å²) in [5.41, 5.74) is 4.68. The third kappa shape index (κ3) is 4.44. The number of hydrazone groups is 1. The van der Waals surface area contributed by atoms with Crippen molar-refractivity contribution < 1.29 is 9.53 Å². The minimum atomic E-state index is -0.295. The molecule has 0 heterocycles. The predicted molar refractivity (Wildman–Crippen MR) is 101 cm³/mol. The van der Waals surface area contributed by atoms with Gasteiger partial charge in [-0.25, -0.2) is 5.43 Å². The number of carbonyl (C=O) groups is 1. The summed E-state index contributed by atoms with van der Waals surface area (Å²) in [5.74, 6) is 0.376. The molecule has 0 aliphatic carbocycles. The van der Waals surface area contributed by atoms with Gasteiger partial charge in [-0.2, -0.15) is 5.10 Å². The lowest BCUT2D eigenvalue weighted by Crippen LogP contribution is -2.24. The molecule has 3 aromatic rings. The van der Waals surface area contributed by atoms with Crippen molar-refractivity contribution >= 4 is 22.9 Å². The van der Waals surface area contributed by atoms with Gasteiger partial charge < -0.3 is 4.74 Å². The molecule has 0 atom stereocenters. The summed E-state index contributed by atoms with van der Waals surface area (Å²) in [7, 11) is 0. The van der Waals surface area contributed by atoms with E-state index in [1.165, 1.54) is 5.56 Å². The number of nitrogens with zero attached hydrogens (tertiary/aromatic N) is 1. The molecule has 3 rings (SSSR count). The van der Waals surface area contributed by atoms with Crippen LogP contribution in [0.2, 0.25) is 0 Å². The number of ether oxygens (including phenoxy) is 1. The standard InChI is InChI=1S/C21H20N2O2/c1-2-16-10-12-19(13-11-16)25-15-21(24)23-22-14-18-8-5-7-17-6-3-4-9-20(17)18/h3-14H,2,15H2,1H3,(H,23,24). The molecule has 0 unspecified atom stereocenters. The van der Waals surface area contributed by atoms with E-state index in [1.807, 2.05) is 66.7 Å². The monoisotopic (exact) mass is 332 g/mol. The van der Waals surface area contributed by atoms with E-state index in [9.17, 15) is 4.79 Å². The zero-order chi connectivity index (χ0) is 17.5. The van der Waals surface area contributed by atoms with Crippen molar-refractivity contribution in [1.82, 2.24) is 5.43 Å². The van der Waals surface area contributed by atoms with Crippen LogP contribution in [0.15, 0.2) is 71.8 Å². The Bertz CT molecular complexity index is 881. The second-order valence-electron chi connectivity index (χ2n) is 5.65. The molecule has 1 N–H and O–H groups in total. The Balaban J connectivity index is 1.55. The van der Waals surface area contributed by atoms with Crippen LogP contribution in [0, 0.1) is 0 Å². The van der Waals surface area contributed by atoms with Crippen molar-refractivity contribution in [3.05, 3.63) is 77.9 Å². The lowest BCUT2D eigenvalue weighted by atomic mass is 10.1. The first-order valence-corrected chi connectivity index (χ1v) is 8.27. The fourth-order valence-corrected chi connectivity index (χ4v) is 2.54. The summed E-state index contributed by atoms with van der Waals surface area (Å²) >= 11 is 0. The van der Waals surface area contributed by atoms with Crippen LogP contribution in [0.1, 0.15) is 18.1 Å². The molecule has 4 nitrogen and oxygen atoms in total. The minimum Gasteiger partial charge on any atom is -0.484 e. The number of amides is 1. The maximum atomic E-state index is 11.8. The number of carbonyl (C=O) groups excluding carboxylic acids is 1. The zero-order valence-electron chi connectivity index (χ0n) is 14.1. The number of fused-ring (bicyclic) bond motifs is 1. The molecule has 0 spiro atoms. The van der Waals surface area contributed by atoms with Gasteiger partial charge in [0.05, 0.1) is 6.21 Å². The summed E-state index contributed by atoms with van der Waals surface area (Å²) in [6, 6.07) is 21.7. The Morgan fingerprint density at radius 1 is 1.04 bits per heavy atom. The van der Waals surface area contributed by atoms with E-state index in [2.05, 4.69) is 17.5 Å². The molecule has 0 fully saturated rings. The first-order chi connectivity index (χ1) is 12.3. The number of benzene rings is 3. The number of nitrogens with one attached hydrogen (secondary N) is 1. The molecule has 0 bridgehead atoms.